The minimum Gasteiger partial charge on any atom is -0.494 e. The van der Waals surface area contributed by atoms with Crippen LogP contribution in [0.5, 0.6) is 5.75 Å². The van der Waals surface area contributed by atoms with E-state index >= 15 is 0 Å². The molecule has 5 nitrogen and oxygen atoms in total. The molecule has 0 unspecified atom stereocenters. The van der Waals surface area contributed by atoms with Gasteiger partial charge in [-0.25, -0.2) is 0 Å². The fourth-order valence-electron chi connectivity index (χ4n) is 3.62. The van der Waals surface area contributed by atoms with E-state index in [1.165, 1.54) is 11.8 Å². The molecule has 6 heteroatoms. The van der Waals surface area contributed by atoms with Gasteiger partial charge >= 0.3 is 0 Å². The van der Waals surface area contributed by atoms with Crippen LogP contribution in [0.4, 0.5) is 11.4 Å². The van der Waals surface area contributed by atoms with Crippen LogP contribution in [0.3, 0.4) is 0 Å². The Balaban J connectivity index is 1.57. The first-order chi connectivity index (χ1) is 15.2. The van der Waals surface area contributed by atoms with Crippen LogP contribution in [-0.4, -0.2) is 25.5 Å². The molecule has 1 aliphatic heterocycles. The van der Waals surface area contributed by atoms with Crippen LogP contribution < -0.4 is 15.0 Å². The summed E-state index contributed by atoms with van der Waals surface area (Å²) >= 11 is 1.51. The third-order valence-electron chi connectivity index (χ3n) is 5.15. The summed E-state index contributed by atoms with van der Waals surface area (Å²) in [4.78, 5) is 28.2. The smallest absolute Gasteiger partial charge is 0.242 e. The first-order valence-electron chi connectivity index (χ1n) is 10.2. The van der Waals surface area contributed by atoms with E-state index in [9.17, 15) is 9.59 Å². The van der Waals surface area contributed by atoms with Crippen LogP contribution in [0.2, 0.25) is 0 Å². The van der Waals surface area contributed by atoms with Crippen LogP contribution >= 0.6 is 11.8 Å². The van der Waals surface area contributed by atoms with E-state index in [1.54, 1.807) is 18.1 Å². The second-order valence-electron chi connectivity index (χ2n) is 7.25. The summed E-state index contributed by atoms with van der Waals surface area (Å²) in [6.45, 7) is 0.685. The predicted octanol–water partition coefficient (Wildman–Crippen LogP) is 5.29. The number of carbonyl (C=O) groups is 2. The van der Waals surface area contributed by atoms with Crippen molar-refractivity contribution in [3.8, 4) is 5.75 Å². The van der Waals surface area contributed by atoms with Gasteiger partial charge in [0.25, 0.3) is 0 Å². The quantitative estimate of drug-likeness (QED) is 0.515. The maximum absolute atomic E-state index is 13.3. The summed E-state index contributed by atoms with van der Waals surface area (Å²) in [6.07, 6.45) is 1.40. The van der Waals surface area contributed by atoms with Crippen molar-refractivity contribution >= 4 is 35.0 Å². The highest BCUT2D eigenvalue weighted by atomic mass is 32.2. The van der Waals surface area contributed by atoms with E-state index in [-0.39, 0.29) is 11.8 Å². The monoisotopic (exact) mass is 432 g/mol. The number of rotatable bonds is 7. The second-order valence-corrected chi connectivity index (χ2v) is 8.42. The highest BCUT2D eigenvalue weighted by Gasteiger charge is 2.26. The molecule has 2 amide bonds. The highest BCUT2D eigenvalue weighted by molar-refractivity contribution is 8.00. The van der Waals surface area contributed by atoms with Crippen molar-refractivity contribution in [3.05, 3.63) is 84.4 Å². The van der Waals surface area contributed by atoms with Crippen molar-refractivity contribution in [3.63, 3.8) is 0 Å². The zero-order valence-corrected chi connectivity index (χ0v) is 18.1. The first kappa shape index (κ1) is 21.0. The number of benzene rings is 3. The molecule has 3 aromatic rings. The number of nitrogens with zero attached hydrogens (tertiary/aromatic N) is 1. The molecular weight excluding hydrogens is 408 g/mol. The zero-order valence-electron chi connectivity index (χ0n) is 17.3. The van der Waals surface area contributed by atoms with Crippen LogP contribution in [0, 0.1) is 0 Å². The van der Waals surface area contributed by atoms with Crippen molar-refractivity contribution in [2.45, 2.75) is 23.0 Å². The molecule has 1 N–H and O–H groups in total. The molecule has 1 fully saturated rings. The van der Waals surface area contributed by atoms with Crippen molar-refractivity contribution in [1.29, 1.82) is 0 Å². The lowest BCUT2D eigenvalue weighted by Gasteiger charge is -2.21. The Hall–Kier alpha value is -3.25. The molecule has 1 aliphatic rings. The van der Waals surface area contributed by atoms with Gasteiger partial charge in [0, 0.05) is 29.6 Å². The first-order valence-corrected chi connectivity index (χ1v) is 11.1. The standard InChI is InChI=1S/C25H24N2O3S/c1-30-22-17-19(14-15-21(22)27-16-8-13-23(27)28)26-25(29)24(18-9-4-2-5-10-18)31-20-11-6-3-7-12-20/h2-7,9-12,14-15,17,24H,8,13,16H2,1H3,(H,26,29)/t24-/m1/s1. The Kier molecular flexibility index (Phi) is 6.57. The molecule has 31 heavy (non-hydrogen) atoms. The molecule has 4 rings (SSSR count). The Labute approximate surface area is 186 Å². The van der Waals surface area contributed by atoms with Gasteiger partial charge in [-0.2, -0.15) is 0 Å². The molecule has 1 saturated heterocycles. The number of carbonyl (C=O) groups excluding carboxylic acids is 2. The van der Waals surface area contributed by atoms with Gasteiger partial charge < -0.3 is 15.0 Å². The van der Waals surface area contributed by atoms with Crippen LogP contribution in [0.25, 0.3) is 0 Å². The normalized spacial score (nSPS) is 14.4. The molecule has 0 radical (unpaired) electrons. The van der Waals surface area contributed by atoms with E-state index in [4.69, 9.17) is 4.74 Å². The summed E-state index contributed by atoms with van der Waals surface area (Å²) in [6, 6.07) is 25.0. The molecule has 0 spiro atoms. The van der Waals surface area contributed by atoms with Gasteiger partial charge in [0.1, 0.15) is 11.0 Å². The third-order valence-corrected chi connectivity index (χ3v) is 6.42. The lowest BCUT2D eigenvalue weighted by Crippen LogP contribution is -2.24. The molecule has 0 aromatic heterocycles. The molecule has 0 aliphatic carbocycles. The van der Waals surface area contributed by atoms with Crippen LogP contribution in [-0.2, 0) is 9.59 Å². The zero-order chi connectivity index (χ0) is 21.6. The summed E-state index contributed by atoms with van der Waals surface area (Å²) in [5.74, 6) is 0.547. The van der Waals surface area contributed by atoms with E-state index in [2.05, 4.69) is 5.32 Å². The van der Waals surface area contributed by atoms with Crippen molar-refractivity contribution in [1.82, 2.24) is 0 Å². The molecule has 0 bridgehead atoms. The number of anilines is 2. The van der Waals surface area contributed by atoms with Gasteiger partial charge in [-0.3, -0.25) is 9.59 Å². The fourth-order valence-corrected chi connectivity index (χ4v) is 4.67. The maximum Gasteiger partial charge on any atom is 0.242 e. The second kappa shape index (κ2) is 9.71. The lowest BCUT2D eigenvalue weighted by molar-refractivity contribution is -0.117. The number of methoxy groups -OCH3 is 1. The van der Waals surface area contributed by atoms with Gasteiger partial charge in [0.05, 0.1) is 12.8 Å². The van der Waals surface area contributed by atoms with Crippen LogP contribution in [0.1, 0.15) is 23.7 Å². The largest absolute Gasteiger partial charge is 0.494 e. The van der Waals surface area contributed by atoms with Gasteiger partial charge in [-0.1, -0.05) is 48.5 Å². The topological polar surface area (TPSA) is 58.6 Å². The predicted molar refractivity (Wildman–Crippen MR) is 125 cm³/mol. The average molecular weight is 433 g/mol. The van der Waals surface area contributed by atoms with Gasteiger partial charge in [-0.15, -0.1) is 11.8 Å². The number of thioether (sulfide) groups is 1. The fraction of sp³-hybridized carbons (Fsp3) is 0.200. The van der Waals surface area contributed by atoms with Crippen LogP contribution in [0.15, 0.2) is 83.8 Å². The number of hydrogen-bond acceptors (Lipinski definition) is 4. The molecule has 158 valence electrons. The van der Waals surface area contributed by atoms with E-state index in [1.807, 2.05) is 72.8 Å². The Morgan fingerprint density at radius 3 is 2.39 bits per heavy atom. The number of nitrogens with one attached hydrogen (secondary N) is 1. The summed E-state index contributed by atoms with van der Waals surface area (Å²) in [5, 5.41) is 2.61. The summed E-state index contributed by atoms with van der Waals surface area (Å²) in [7, 11) is 1.57. The van der Waals surface area contributed by atoms with E-state index in [0.29, 0.717) is 24.4 Å². The minimum atomic E-state index is -0.408. The van der Waals surface area contributed by atoms with E-state index in [0.717, 1.165) is 22.6 Å². The van der Waals surface area contributed by atoms with Crippen molar-refractivity contribution in [2.24, 2.45) is 0 Å². The van der Waals surface area contributed by atoms with Gasteiger partial charge in [0.15, 0.2) is 0 Å². The Morgan fingerprint density at radius 2 is 1.74 bits per heavy atom. The minimum absolute atomic E-state index is 0.0958. The summed E-state index contributed by atoms with van der Waals surface area (Å²) < 4.78 is 5.52. The summed E-state index contributed by atoms with van der Waals surface area (Å²) in [5.41, 5.74) is 2.30. The number of amides is 2. The molecule has 0 saturated carbocycles. The molecule has 1 heterocycles. The Bertz CT molecular complexity index is 1060. The maximum atomic E-state index is 13.3. The SMILES string of the molecule is COc1cc(NC(=O)[C@H](Sc2ccccc2)c2ccccc2)ccc1N1CCCC1=O. The average Bonchev–Trinajstić information content (AvgIpc) is 3.24. The van der Waals surface area contributed by atoms with E-state index < -0.39 is 5.25 Å². The van der Waals surface area contributed by atoms with Gasteiger partial charge in [0.2, 0.25) is 11.8 Å². The molecule has 1 atom stereocenters. The molecular formula is C25H24N2O3S. The molecule has 3 aromatic carbocycles. The highest BCUT2D eigenvalue weighted by Crippen LogP contribution is 2.38. The number of ether oxygens (including phenoxy) is 1. The number of hydrogen-bond donors (Lipinski definition) is 1. The van der Waals surface area contributed by atoms with Crippen molar-refractivity contribution < 1.29 is 14.3 Å². The lowest BCUT2D eigenvalue weighted by atomic mass is 10.1. The third kappa shape index (κ3) is 4.91. The van der Waals surface area contributed by atoms with Crippen molar-refractivity contribution in [2.75, 3.05) is 23.9 Å². The Morgan fingerprint density at radius 1 is 1.03 bits per heavy atom. The van der Waals surface area contributed by atoms with Gasteiger partial charge in [-0.05, 0) is 36.2 Å².